The van der Waals surface area contributed by atoms with Crippen molar-refractivity contribution < 1.29 is 0 Å². The van der Waals surface area contributed by atoms with Crippen LogP contribution in [0.4, 0.5) is 0 Å². The van der Waals surface area contributed by atoms with Gasteiger partial charge in [0, 0.05) is 12.6 Å². The highest BCUT2D eigenvalue weighted by molar-refractivity contribution is 4.75. The third-order valence-corrected chi connectivity index (χ3v) is 2.68. The van der Waals surface area contributed by atoms with E-state index in [-0.39, 0.29) is 0 Å². The average Bonchev–Trinajstić information content (AvgIpc) is 2.81. The van der Waals surface area contributed by atoms with E-state index in [1.165, 1.54) is 25.8 Å². The van der Waals surface area contributed by atoms with Crippen LogP contribution in [0.15, 0.2) is 0 Å². The topological polar surface area (TPSA) is 29.3 Å². The predicted molar refractivity (Wildman–Crippen MR) is 48.5 cm³/mol. The highest BCUT2D eigenvalue weighted by atomic mass is 15.1. The second-order valence-corrected chi connectivity index (χ2v) is 3.80. The SMILES string of the molecule is CC(CN)N(C)CCC1CC1. The van der Waals surface area contributed by atoms with Crippen molar-refractivity contribution in [2.24, 2.45) is 11.7 Å². The van der Waals surface area contributed by atoms with Gasteiger partial charge in [-0.25, -0.2) is 0 Å². The van der Waals surface area contributed by atoms with Crippen LogP contribution in [0.1, 0.15) is 26.2 Å². The van der Waals surface area contributed by atoms with E-state index in [0.29, 0.717) is 6.04 Å². The van der Waals surface area contributed by atoms with Gasteiger partial charge in [0.15, 0.2) is 0 Å². The quantitative estimate of drug-likeness (QED) is 0.645. The predicted octanol–water partition coefficient (Wildman–Crippen LogP) is 1.07. The van der Waals surface area contributed by atoms with E-state index < -0.39 is 0 Å². The lowest BCUT2D eigenvalue weighted by atomic mass is 10.2. The smallest absolute Gasteiger partial charge is 0.0187 e. The Morgan fingerprint density at radius 1 is 1.55 bits per heavy atom. The van der Waals surface area contributed by atoms with Gasteiger partial charge in [-0.1, -0.05) is 12.8 Å². The first-order valence-electron chi connectivity index (χ1n) is 4.64. The molecule has 1 saturated carbocycles. The zero-order valence-electron chi connectivity index (χ0n) is 7.71. The van der Waals surface area contributed by atoms with Gasteiger partial charge in [-0.15, -0.1) is 0 Å². The summed E-state index contributed by atoms with van der Waals surface area (Å²) in [6.45, 7) is 4.19. The number of hydrogen-bond donors (Lipinski definition) is 1. The second kappa shape index (κ2) is 4.07. The summed E-state index contributed by atoms with van der Waals surface area (Å²) >= 11 is 0. The zero-order valence-corrected chi connectivity index (χ0v) is 7.71. The summed E-state index contributed by atoms with van der Waals surface area (Å²) in [6, 6.07) is 0.550. The maximum Gasteiger partial charge on any atom is 0.0187 e. The minimum atomic E-state index is 0.550. The molecule has 1 fully saturated rings. The van der Waals surface area contributed by atoms with E-state index in [4.69, 9.17) is 5.73 Å². The van der Waals surface area contributed by atoms with E-state index in [0.717, 1.165) is 12.5 Å². The summed E-state index contributed by atoms with van der Waals surface area (Å²) in [4.78, 5) is 2.36. The Hall–Kier alpha value is -0.0800. The lowest BCUT2D eigenvalue weighted by molar-refractivity contribution is 0.255. The molecule has 11 heavy (non-hydrogen) atoms. The maximum absolute atomic E-state index is 5.55. The van der Waals surface area contributed by atoms with Crippen LogP contribution in [0.25, 0.3) is 0 Å². The van der Waals surface area contributed by atoms with Gasteiger partial charge in [0.05, 0.1) is 0 Å². The number of likely N-dealkylation sites (N-methyl/N-ethyl adjacent to an activating group) is 1. The minimum Gasteiger partial charge on any atom is -0.329 e. The van der Waals surface area contributed by atoms with Crippen molar-refractivity contribution in [3.8, 4) is 0 Å². The monoisotopic (exact) mass is 156 g/mol. The molecule has 0 bridgehead atoms. The number of hydrogen-bond acceptors (Lipinski definition) is 2. The highest BCUT2D eigenvalue weighted by Crippen LogP contribution is 2.32. The fourth-order valence-corrected chi connectivity index (χ4v) is 1.19. The fraction of sp³-hybridized carbons (Fsp3) is 1.00. The van der Waals surface area contributed by atoms with Gasteiger partial charge < -0.3 is 10.6 Å². The molecule has 0 aromatic heterocycles. The summed E-state index contributed by atoms with van der Waals surface area (Å²) < 4.78 is 0. The van der Waals surface area contributed by atoms with E-state index in [9.17, 15) is 0 Å². The molecule has 0 amide bonds. The van der Waals surface area contributed by atoms with Gasteiger partial charge in [0.25, 0.3) is 0 Å². The Bertz CT molecular complexity index is 110. The molecule has 2 N–H and O–H groups in total. The van der Waals surface area contributed by atoms with E-state index >= 15 is 0 Å². The third-order valence-electron chi connectivity index (χ3n) is 2.68. The molecule has 1 aliphatic carbocycles. The summed E-state index contributed by atoms with van der Waals surface area (Å²) in [5.41, 5.74) is 5.55. The number of nitrogens with two attached hydrogens (primary N) is 1. The van der Waals surface area contributed by atoms with Crippen molar-refractivity contribution in [3.63, 3.8) is 0 Å². The highest BCUT2D eigenvalue weighted by Gasteiger charge is 2.21. The van der Waals surface area contributed by atoms with E-state index in [1.807, 2.05) is 0 Å². The van der Waals surface area contributed by atoms with Crippen LogP contribution in [0.5, 0.6) is 0 Å². The van der Waals surface area contributed by atoms with Gasteiger partial charge in [0.1, 0.15) is 0 Å². The third kappa shape index (κ3) is 3.21. The molecule has 0 aromatic rings. The van der Waals surface area contributed by atoms with Crippen molar-refractivity contribution in [3.05, 3.63) is 0 Å². The van der Waals surface area contributed by atoms with Gasteiger partial charge in [0.2, 0.25) is 0 Å². The molecule has 1 unspecified atom stereocenters. The summed E-state index contributed by atoms with van der Waals surface area (Å²) in [5, 5.41) is 0. The fourth-order valence-electron chi connectivity index (χ4n) is 1.19. The molecule has 1 aliphatic rings. The number of rotatable bonds is 5. The Morgan fingerprint density at radius 2 is 2.18 bits per heavy atom. The van der Waals surface area contributed by atoms with Crippen molar-refractivity contribution in [1.82, 2.24) is 4.90 Å². The molecule has 1 rings (SSSR count). The maximum atomic E-state index is 5.55. The molecule has 0 aliphatic heterocycles. The molecule has 0 heterocycles. The van der Waals surface area contributed by atoms with Crippen LogP contribution in [-0.4, -0.2) is 31.1 Å². The molecule has 1 atom stereocenters. The Labute approximate surface area is 69.8 Å². The Kier molecular flexibility index (Phi) is 3.34. The molecule has 66 valence electrons. The van der Waals surface area contributed by atoms with E-state index in [2.05, 4.69) is 18.9 Å². The van der Waals surface area contributed by atoms with Gasteiger partial charge in [-0.05, 0) is 32.9 Å². The van der Waals surface area contributed by atoms with Crippen molar-refractivity contribution >= 4 is 0 Å². The van der Waals surface area contributed by atoms with Crippen molar-refractivity contribution in [1.29, 1.82) is 0 Å². The second-order valence-electron chi connectivity index (χ2n) is 3.80. The van der Waals surface area contributed by atoms with Crippen LogP contribution in [0, 0.1) is 5.92 Å². The van der Waals surface area contributed by atoms with Crippen LogP contribution < -0.4 is 5.73 Å². The van der Waals surface area contributed by atoms with Crippen molar-refractivity contribution in [2.75, 3.05) is 20.1 Å². The first-order chi connectivity index (χ1) is 5.24. The summed E-state index contributed by atoms with van der Waals surface area (Å²) in [5.74, 6) is 1.04. The molecular weight excluding hydrogens is 136 g/mol. The van der Waals surface area contributed by atoms with E-state index in [1.54, 1.807) is 0 Å². The van der Waals surface area contributed by atoms with Gasteiger partial charge in [-0.2, -0.15) is 0 Å². The molecule has 2 nitrogen and oxygen atoms in total. The normalized spacial score (nSPS) is 20.7. The lowest BCUT2D eigenvalue weighted by Gasteiger charge is -2.22. The van der Waals surface area contributed by atoms with Crippen LogP contribution >= 0.6 is 0 Å². The van der Waals surface area contributed by atoms with Gasteiger partial charge in [-0.3, -0.25) is 0 Å². The first-order valence-corrected chi connectivity index (χ1v) is 4.64. The number of nitrogens with zero attached hydrogens (tertiary/aromatic N) is 1. The van der Waals surface area contributed by atoms with Crippen LogP contribution in [-0.2, 0) is 0 Å². The molecule has 0 radical (unpaired) electrons. The Balaban J connectivity index is 2.03. The molecule has 0 aromatic carbocycles. The molecule has 0 saturated heterocycles. The molecule has 0 spiro atoms. The Morgan fingerprint density at radius 3 is 2.64 bits per heavy atom. The summed E-state index contributed by atoms with van der Waals surface area (Å²) in [6.07, 6.45) is 4.30. The van der Waals surface area contributed by atoms with Gasteiger partial charge >= 0.3 is 0 Å². The minimum absolute atomic E-state index is 0.550. The van der Waals surface area contributed by atoms with Crippen molar-refractivity contribution in [2.45, 2.75) is 32.2 Å². The average molecular weight is 156 g/mol. The van der Waals surface area contributed by atoms with Crippen LogP contribution in [0.2, 0.25) is 0 Å². The molecule has 2 heteroatoms. The zero-order chi connectivity index (χ0) is 8.27. The largest absolute Gasteiger partial charge is 0.329 e. The first kappa shape index (κ1) is 9.01. The van der Waals surface area contributed by atoms with Crippen LogP contribution in [0.3, 0.4) is 0 Å². The molecular formula is C9H20N2. The lowest BCUT2D eigenvalue weighted by Crippen LogP contribution is -2.36. The summed E-state index contributed by atoms with van der Waals surface area (Å²) in [7, 11) is 2.17. The standard InChI is InChI=1S/C9H20N2/c1-8(7-10)11(2)6-5-9-3-4-9/h8-9H,3-7,10H2,1-2H3.